The molecule has 3 amide bonds. The molecule has 2 heterocycles. The van der Waals surface area contributed by atoms with Gasteiger partial charge in [-0.05, 0) is 60.5 Å². The lowest BCUT2D eigenvalue weighted by Crippen LogP contribution is -2.45. The van der Waals surface area contributed by atoms with E-state index in [0.717, 1.165) is 29.4 Å². The van der Waals surface area contributed by atoms with Gasteiger partial charge in [0.2, 0.25) is 5.91 Å². The van der Waals surface area contributed by atoms with Gasteiger partial charge in [0.1, 0.15) is 11.6 Å². The number of hydrogen-bond acceptors (Lipinski definition) is 8. The van der Waals surface area contributed by atoms with Gasteiger partial charge in [-0.1, -0.05) is 6.07 Å². The number of imide groups is 1. The Kier molecular flexibility index (Phi) is 4.69. The monoisotopic (exact) mass is 447 g/mol. The highest BCUT2D eigenvalue weighted by atomic mass is 16.6. The van der Waals surface area contributed by atoms with E-state index in [1.807, 2.05) is 0 Å². The molecule has 0 bridgehead atoms. The molecular weight excluding hydrogens is 430 g/mol. The number of benzene rings is 2. The van der Waals surface area contributed by atoms with E-state index in [9.17, 15) is 24.5 Å². The van der Waals surface area contributed by atoms with Crippen molar-refractivity contribution >= 4 is 29.1 Å². The summed E-state index contributed by atoms with van der Waals surface area (Å²) in [5.41, 5.74) is 0.371. The maximum absolute atomic E-state index is 12.8. The van der Waals surface area contributed by atoms with Crippen molar-refractivity contribution in [2.24, 2.45) is 0 Å². The summed E-state index contributed by atoms with van der Waals surface area (Å²) in [5, 5.41) is 25.7. The summed E-state index contributed by atoms with van der Waals surface area (Å²) in [4.78, 5) is 49.6. The Bertz CT molecular complexity index is 1310. The summed E-state index contributed by atoms with van der Waals surface area (Å²) in [6, 6.07) is 9.80. The third kappa shape index (κ3) is 3.41. The molecule has 5 rings (SSSR count). The zero-order valence-electron chi connectivity index (χ0n) is 17.3. The predicted octanol–water partition coefficient (Wildman–Crippen LogP) is 2.21. The topological polar surface area (TPSA) is 153 Å². The van der Waals surface area contributed by atoms with E-state index in [2.05, 4.69) is 20.8 Å². The second kappa shape index (κ2) is 7.58. The van der Waals surface area contributed by atoms with E-state index in [-0.39, 0.29) is 11.1 Å². The maximum atomic E-state index is 12.8. The third-order valence-electron chi connectivity index (χ3n) is 5.68. The molecule has 1 aliphatic heterocycles. The molecule has 166 valence electrons. The molecule has 0 spiro atoms. The largest absolute Gasteiger partial charge is 0.324 e. The van der Waals surface area contributed by atoms with Crippen molar-refractivity contribution in [1.82, 2.24) is 25.1 Å². The predicted molar refractivity (Wildman–Crippen MR) is 113 cm³/mol. The number of hydrogen-bond donors (Lipinski definition) is 1. The molecule has 1 aliphatic carbocycles. The van der Waals surface area contributed by atoms with Crippen LogP contribution in [0.1, 0.15) is 46.5 Å². The first-order valence-electron chi connectivity index (χ1n) is 10.2. The Hall–Kier alpha value is -4.48. The molecule has 1 fully saturated rings. The van der Waals surface area contributed by atoms with Crippen molar-refractivity contribution in [3.63, 3.8) is 0 Å². The van der Waals surface area contributed by atoms with Gasteiger partial charge >= 0.3 is 0 Å². The van der Waals surface area contributed by atoms with E-state index in [4.69, 9.17) is 0 Å². The van der Waals surface area contributed by atoms with E-state index >= 15 is 0 Å². The van der Waals surface area contributed by atoms with Crippen molar-refractivity contribution in [2.75, 3.05) is 5.32 Å². The number of amides is 3. The van der Waals surface area contributed by atoms with E-state index in [1.54, 1.807) is 28.9 Å². The number of aromatic nitrogens is 4. The van der Waals surface area contributed by atoms with Crippen LogP contribution in [0.15, 0.2) is 42.5 Å². The van der Waals surface area contributed by atoms with Gasteiger partial charge in [-0.3, -0.25) is 29.4 Å². The van der Waals surface area contributed by atoms with Crippen LogP contribution in [0.5, 0.6) is 0 Å². The van der Waals surface area contributed by atoms with Crippen molar-refractivity contribution in [3.05, 3.63) is 63.7 Å². The van der Waals surface area contributed by atoms with Gasteiger partial charge in [-0.15, -0.1) is 5.10 Å². The van der Waals surface area contributed by atoms with Gasteiger partial charge in [-0.2, -0.15) is 0 Å². The molecule has 3 aromatic rings. The van der Waals surface area contributed by atoms with Crippen LogP contribution < -0.4 is 5.32 Å². The molecule has 2 aromatic carbocycles. The Balaban J connectivity index is 1.32. The van der Waals surface area contributed by atoms with Crippen LogP contribution in [0, 0.1) is 10.1 Å². The van der Waals surface area contributed by atoms with Gasteiger partial charge in [0.15, 0.2) is 5.82 Å². The number of tetrazole rings is 1. The Morgan fingerprint density at radius 2 is 1.88 bits per heavy atom. The molecule has 1 atom stereocenters. The summed E-state index contributed by atoms with van der Waals surface area (Å²) in [7, 11) is 0. The normalized spacial score (nSPS) is 16.0. The van der Waals surface area contributed by atoms with Crippen LogP contribution in [-0.2, 0) is 4.79 Å². The minimum Gasteiger partial charge on any atom is -0.324 e. The summed E-state index contributed by atoms with van der Waals surface area (Å²) in [6.07, 6.45) is 2.07. The third-order valence-corrected chi connectivity index (χ3v) is 5.68. The number of nitro benzene ring substituents is 1. The number of nitrogens with zero attached hydrogens (tertiary/aromatic N) is 6. The number of rotatable bonds is 6. The molecule has 2 aliphatic rings. The summed E-state index contributed by atoms with van der Waals surface area (Å²) in [6.45, 7) is 1.39. The van der Waals surface area contributed by atoms with E-state index in [1.165, 1.54) is 19.1 Å². The molecule has 12 heteroatoms. The van der Waals surface area contributed by atoms with Gasteiger partial charge in [-0.25, -0.2) is 4.68 Å². The lowest BCUT2D eigenvalue weighted by Gasteiger charge is -2.21. The molecule has 33 heavy (non-hydrogen) atoms. The SMILES string of the molecule is CC(C(=O)Nc1ccc(-c2nnnn2C2CC2)cc1)N1C(=O)c2cccc([N+](=O)[O-])c2C1=O. The average molecular weight is 447 g/mol. The fourth-order valence-corrected chi connectivity index (χ4v) is 3.80. The number of carbonyl (C=O) groups is 3. The first kappa shape index (κ1) is 20.4. The fourth-order valence-electron chi connectivity index (χ4n) is 3.80. The Morgan fingerprint density at radius 1 is 1.15 bits per heavy atom. The number of nitrogens with one attached hydrogen (secondary N) is 1. The van der Waals surface area contributed by atoms with Crippen molar-refractivity contribution in [2.45, 2.75) is 31.8 Å². The zero-order chi connectivity index (χ0) is 23.3. The lowest BCUT2D eigenvalue weighted by molar-refractivity contribution is -0.385. The molecular formula is C21H17N7O5. The standard InChI is InChI=1S/C21H17N7O5/c1-11(26-20(30)15-3-2-4-16(28(32)33)17(15)21(26)31)19(29)22-13-7-5-12(6-8-13)18-23-24-25-27(18)14-9-10-14/h2-8,11,14H,9-10H2,1H3,(H,22,29). The highest BCUT2D eigenvalue weighted by Crippen LogP contribution is 2.36. The van der Waals surface area contributed by atoms with Gasteiger partial charge in [0.25, 0.3) is 17.5 Å². The molecule has 1 unspecified atom stereocenters. The van der Waals surface area contributed by atoms with Crippen LogP contribution in [0.3, 0.4) is 0 Å². The molecule has 0 saturated heterocycles. The number of fused-ring (bicyclic) bond motifs is 1. The van der Waals surface area contributed by atoms with E-state index < -0.39 is 34.4 Å². The Morgan fingerprint density at radius 3 is 2.55 bits per heavy atom. The summed E-state index contributed by atoms with van der Waals surface area (Å²) < 4.78 is 1.77. The van der Waals surface area contributed by atoms with Gasteiger partial charge < -0.3 is 5.32 Å². The highest BCUT2D eigenvalue weighted by Gasteiger charge is 2.44. The first-order valence-corrected chi connectivity index (χ1v) is 10.2. The van der Waals surface area contributed by atoms with Crippen LogP contribution in [0.25, 0.3) is 11.4 Å². The van der Waals surface area contributed by atoms with Crippen LogP contribution in [-0.4, -0.2) is 53.8 Å². The average Bonchev–Trinajstić information content (AvgIpc) is 3.48. The molecule has 1 N–H and O–H groups in total. The molecule has 1 saturated carbocycles. The van der Waals surface area contributed by atoms with Crippen LogP contribution in [0.2, 0.25) is 0 Å². The van der Waals surface area contributed by atoms with Crippen molar-refractivity contribution < 1.29 is 19.3 Å². The summed E-state index contributed by atoms with van der Waals surface area (Å²) in [5.74, 6) is -1.59. The molecule has 12 nitrogen and oxygen atoms in total. The quantitative estimate of drug-likeness (QED) is 0.343. The highest BCUT2D eigenvalue weighted by molar-refractivity contribution is 6.24. The summed E-state index contributed by atoms with van der Waals surface area (Å²) >= 11 is 0. The van der Waals surface area contributed by atoms with Crippen molar-refractivity contribution in [3.8, 4) is 11.4 Å². The number of anilines is 1. The second-order valence-electron chi connectivity index (χ2n) is 7.86. The molecule has 0 radical (unpaired) electrons. The number of nitro groups is 1. The fraction of sp³-hybridized carbons (Fsp3) is 0.238. The first-order chi connectivity index (χ1) is 15.9. The van der Waals surface area contributed by atoms with E-state index in [0.29, 0.717) is 17.6 Å². The number of carbonyl (C=O) groups excluding carboxylic acids is 3. The minimum atomic E-state index is -1.18. The minimum absolute atomic E-state index is 0.0911. The van der Waals surface area contributed by atoms with Gasteiger partial charge in [0.05, 0.1) is 16.5 Å². The van der Waals surface area contributed by atoms with Crippen LogP contribution in [0.4, 0.5) is 11.4 Å². The smallest absolute Gasteiger partial charge is 0.282 e. The Labute approximate surface area is 186 Å². The maximum Gasteiger partial charge on any atom is 0.282 e. The van der Waals surface area contributed by atoms with Crippen molar-refractivity contribution in [1.29, 1.82) is 0 Å². The zero-order valence-corrected chi connectivity index (χ0v) is 17.3. The van der Waals surface area contributed by atoms with Crippen LogP contribution >= 0.6 is 0 Å². The van der Waals surface area contributed by atoms with Gasteiger partial charge in [0, 0.05) is 17.3 Å². The molecule has 1 aromatic heterocycles. The lowest BCUT2D eigenvalue weighted by atomic mass is 10.1. The second-order valence-corrected chi connectivity index (χ2v) is 7.86.